The summed E-state index contributed by atoms with van der Waals surface area (Å²) < 4.78 is 44.1. The number of thiophene rings is 1. The highest BCUT2D eigenvalue weighted by Crippen LogP contribution is 2.33. The third kappa shape index (κ3) is 4.80. The van der Waals surface area contributed by atoms with E-state index >= 15 is 0 Å². The molecule has 11 heteroatoms. The molecule has 0 aliphatic heterocycles. The first-order valence-electron chi connectivity index (χ1n) is 10.7. The van der Waals surface area contributed by atoms with Gasteiger partial charge < -0.3 is 9.88 Å². The Kier molecular flexibility index (Phi) is 6.08. The maximum Gasteiger partial charge on any atom is 0.433 e. The minimum atomic E-state index is -4.68. The zero-order valence-corrected chi connectivity index (χ0v) is 19.1. The molecule has 0 aliphatic rings. The van der Waals surface area contributed by atoms with Crippen LogP contribution in [0.3, 0.4) is 0 Å². The minimum Gasteiger partial charge on any atom is -0.352 e. The van der Waals surface area contributed by atoms with Gasteiger partial charge in [-0.1, -0.05) is 30.3 Å². The monoisotopic (exact) mass is 496 g/mol. The summed E-state index contributed by atoms with van der Waals surface area (Å²) >= 11 is 1.57. The molecule has 0 radical (unpaired) electrons. The molecule has 1 N–H and O–H groups in total. The molecule has 0 unspecified atom stereocenters. The van der Waals surface area contributed by atoms with Gasteiger partial charge in [0.25, 0.3) is 5.91 Å². The van der Waals surface area contributed by atoms with Crippen LogP contribution in [0.15, 0.2) is 72.8 Å². The molecule has 0 saturated heterocycles. The Hall–Kier alpha value is -3.99. The van der Waals surface area contributed by atoms with Crippen LogP contribution in [-0.4, -0.2) is 36.6 Å². The van der Waals surface area contributed by atoms with E-state index < -0.39 is 17.8 Å². The number of rotatable bonds is 7. The molecule has 5 rings (SSSR count). The van der Waals surface area contributed by atoms with Gasteiger partial charge >= 0.3 is 6.18 Å². The largest absolute Gasteiger partial charge is 0.433 e. The highest BCUT2D eigenvalue weighted by Gasteiger charge is 2.36. The van der Waals surface area contributed by atoms with Crippen LogP contribution in [0.2, 0.25) is 0 Å². The van der Waals surface area contributed by atoms with E-state index in [1.54, 1.807) is 36.0 Å². The van der Waals surface area contributed by atoms with E-state index in [2.05, 4.69) is 20.4 Å². The van der Waals surface area contributed by atoms with Gasteiger partial charge in [0.2, 0.25) is 0 Å². The summed E-state index contributed by atoms with van der Waals surface area (Å²) in [5, 5.41) is 8.51. The summed E-state index contributed by atoms with van der Waals surface area (Å²) in [6.07, 6.45) is 2.21. The molecule has 178 valence electrons. The van der Waals surface area contributed by atoms with Gasteiger partial charge in [0.05, 0.1) is 18.2 Å². The zero-order valence-electron chi connectivity index (χ0n) is 18.2. The van der Waals surface area contributed by atoms with E-state index in [-0.39, 0.29) is 16.9 Å². The lowest BCUT2D eigenvalue weighted by atomic mass is 10.1. The Morgan fingerprint density at radius 2 is 1.91 bits per heavy atom. The van der Waals surface area contributed by atoms with Crippen molar-refractivity contribution >= 4 is 22.9 Å². The second kappa shape index (κ2) is 9.34. The Morgan fingerprint density at radius 3 is 2.60 bits per heavy atom. The first kappa shape index (κ1) is 22.8. The molecule has 0 fully saturated rings. The smallest absolute Gasteiger partial charge is 0.352 e. The van der Waals surface area contributed by atoms with Gasteiger partial charge in [0.15, 0.2) is 11.3 Å². The number of fused-ring (bicyclic) bond motifs is 1. The number of aromatic nitrogens is 5. The lowest BCUT2D eigenvalue weighted by molar-refractivity contribution is -0.142. The number of nitrogens with zero attached hydrogens (tertiary/aromatic N) is 5. The molecule has 35 heavy (non-hydrogen) atoms. The number of carbonyl (C=O) groups excluding carboxylic acids is 1. The van der Waals surface area contributed by atoms with Gasteiger partial charge in [0.1, 0.15) is 5.56 Å². The molecule has 0 atom stereocenters. The second-order valence-corrected chi connectivity index (χ2v) is 8.73. The lowest BCUT2D eigenvalue weighted by Crippen LogP contribution is -2.25. The number of alkyl halides is 3. The van der Waals surface area contributed by atoms with Crippen molar-refractivity contribution < 1.29 is 18.0 Å². The second-order valence-electron chi connectivity index (χ2n) is 7.78. The van der Waals surface area contributed by atoms with Crippen LogP contribution < -0.4 is 5.32 Å². The Morgan fingerprint density at radius 1 is 1.11 bits per heavy atom. The predicted molar refractivity (Wildman–Crippen MR) is 126 cm³/mol. The molecule has 5 aromatic rings. The van der Waals surface area contributed by atoms with E-state index in [1.807, 2.05) is 40.4 Å². The number of amides is 1. The first-order chi connectivity index (χ1) is 16.9. The Balaban J connectivity index is 1.44. The molecule has 0 aliphatic carbocycles. The molecule has 0 spiro atoms. The van der Waals surface area contributed by atoms with Crippen molar-refractivity contribution in [1.82, 2.24) is 29.5 Å². The SMILES string of the molecule is O=C(NCCCn1ccnc1)c1cnn2c(C(F)(F)F)cc(-c3ccc(-c4cccs4)cc3)nc12. The standard InChI is InChI=1S/C24H19F3N6OS/c25-24(26,27)21-13-19(16-4-6-17(7-5-16)20-3-1-12-35-20)31-22-18(14-30-33(21)22)23(34)29-8-2-10-32-11-9-28-15-32/h1,3-7,9,11-15H,2,8,10H2,(H,29,34). The minimum absolute atomic E-state index is 0.0183. The van der Waals surface area contributed by atoms with Crippen LogP contribution in [-0.2, 0) is 12.7 Å². The fourth-order valence-corrected chi connectivity index (χ4v) is 4.43. The quantitative estimate of drug-likeness (QED) is 0.316. The van der Waals surface area contributed by atoms with E-state index in [4.69, 9.17) is 0 Å². The summed E-state index contributed by atoms with van der Waals surface area (Å²) in [5.74, 6) is -0.531. The summed E-state index contributed by atoms with van der Waals surface area (Å²) in [4.78, 5) is 22.2. The topological polar surface area (TPSA) is 77.1 Å². The van der Waals surface area contributed by atoms with Crippen LogP contribution >= 0.6 is 11.3 Å². The number of carbonyl (C=O) groups is 1. The van der Waals surface area contributed by atoms with E-state index in [0.717, 1.165) is 22.7 Å². The maximum atomic E-state index is 13.9. The number of imidazole rings is 1. The van der Waals surface area contributed by atoms with Crippen LogP contribution in [0.1, 0.15) is 22.5 Å². The number of nitrogens with one attached hydrogen (secondary N) is 1. The fraction of sp³-hybridized carbons (Fsp3) is 0.167. The molecule has 4 aromatic heterocycles. The molecular formula is C24H19F3N6OS. The van der Waals surface area contributed by atoms with Gasteiger partial charge in [-0.25, -0.2) is 14.5 Å². The van der Waals surface area contributed by atoms with E-state index in [0.29, 0.717) is 29.6 Å². The van der Waals surface area contributed by atoms with Crippen LogP contribution in [0.5, 0.6) is 0 Å². The third-order valence-corrected chi connectivity index (χ3v) is 6.35. The summed E-state index contributed by atoms with van der Waals surface area (Å²) in [5.41, 5.74) is 0.405. The fourth-order valence-electron chi connectivity index (χ4n) is 3.70. The number of aryl methyl sites for hydroxylation is 1. The van der Waals surface area contributed by atoms with Crippen molar-refractivity contribution in [2.24, 2.45) is 0 Å². The molecule has 7 nitrogen and oxygen atoms in total. The molecule has 0 bridgehead atoms. The van der Waals surface area contributed by atoms with E-state index in [1.165, 1.54) is 0 Å². The molecule has 1 aromatic carbocycles. The highest BCUT2D eigenvalue weighted by molar-refractivity contribution is 7.13. The summed E-state index contributed by atoms with van der Waals surface area (Å²) in [6, 6.07) is 12.0. The van der Waals surface area contributed by atoms with Gasteiger partial charge in [-0.05, 0) is 29.5 Å². The normalized spacial score (nSPS) is 11.7. The first-order valence-corrected chi connectivity index (χ1v) is 11.6. The lowest BCUT2D eigenvalue weighted by Gasteiger charge is -2.12. The summed E-state index contributed by atoms with van der Waals surface area (Å²) in [6.45, 7) is 0.988. The average molecular weight is 497 g/mol. The Labute approximate surface area is 201 Å². The molecule has 1 amide bonds. The maximum absolute atomic E-state index is 13.9. The van der Waals surface area contributed by atoms with Crippen molar-refractivity contribution in [3.05, 3.63) is 84.0 Å². The van der Waals surface area contributed by atoms with Gasteiger partial charge in [-0.2, -0.15) is 18.3 Å². The summed E-state index contributed by atoms with van der Waals surface area (Å²) in [7, 11) is 0. The van der Waals surface area contributed by atoms with Crippen molar-refractivity contribution in [3.63, 3.8) is 0 Å². The number of halogens is 3. The van der Waals surface area contributed by atoms with Crippen LogP contribution in [0.4, 0.5) is 13.2 Å². The van der Waals surface area contributed by atoms with Crippen molar-refractivity contribution in [3.8, 4) is 21.7 Å². The van der Waals surface area contributed by atoms with Gasteiger partial charge in [0, 0.05) is 35.9 Å². The van der Waals surface area contributed by atoms with Crippen LogP contribution in [0.25, 0.3) is 27.3 Å². The molecular weight excluding hydrogens is 477 g/mol. The predicted octanol–water partition coefficient (Wildman–Crippen LogP) is 5.16. The highest BCUT2D eigenvalue weighted by atomic mass is 32.1. The molecule has 4 heterocycles. The number of hydrogen-bond donors (Lipinski definition) is 1. The zero-order chi connectivity index (χ0) is 24.4. The average Bonchev–Trinajstić information content (AvgIpc) is 3.62. The van der Waals surface area contributed by atoms with Crippen molar-refractivity contribution in [1.29, 1.82) is 0 Å². The third-order valence-electron chi connectivity index (χ3n) is 5.43. The van der Waals surface area contributed by atoms with Crippen molar-refractivity contribution in [2.45, 2.75) is 19.1 Å². The van der Waals surface area contributed by atoms with Gasteiger partial charge in [-0.15, -0.1) is 11.3 Å². The number of benzene rings is 1. The van der Waals surface area contributed by atoms with Crippen molar-refractivity contribution in [2.75, 3.05) is 6.54 Å². The molecule has 0 saturated carbocycles. The van der Waals surface area contributed by atoms with Crippen LogP contribution in [0, 0.1) is 0 Å². The van der Waals surface area contributed by atoms with E-state index in [9.17, 15) is 18.0 Å². The number of hydrogen-bond acceptors (Lipinski definition) is 5. The Bertz CT molecular complexity index is 1440. The van der Waals surface area contributed by atoms with Gasteiger partial charge in [-0.3, -0.25) is 4.79 Å².